The van der Waals surface area contributed by atoms with Crippen LogP contribution >= 0.6 is 0 Å². The Morgan fingerprint density at radius 3 is 1.05 bits per heavy atom. The van der Waals surface area contributed by atoms with E-state index in [1.54, 1.807) is 6.92 Å². The number of esters is 1. The fourth-order valence-electron chi connectivity index (χ4n) is 15.0. The lowest BCUT2D eigenvalue weighted by Gasteiger charge is -2.46. The van der Waals surface area contributed by atoms with Gasteiger partial charge in [-0.2, -0.15) is 105 Å². The smallest absolute Gasteiger partial charge is 0.430 e. The molecule has 0 spiro atoms. The van der Waals surface area contributed by atoms with Crippen molar-refractivity contribution >= 4 is 5.97 Å². The van der Waals surface area contributed by atoms with Crippen molar-refractivity contribution in [1.29, 1.82) is 0 Å². The first-order chi connectivity index (χ1) is 47.9. The maximum Gasteiger partial charge on any atom is 0.430 e. The molecule has 1 saturated heterocycles. The molecule has 31 heteroatoms. The van der Waals surface area contributed by atoms with E-state index < -0.39 is 118 Å². The van der Waals surface area contributed by atoms with Gasteiger partial charge >= 0.3 is 55.4 Å². The first kappa shape index (κ1) is 118. The molecule has 0 radical (unpaired) electrons. The van der Waals surface area contributed by atoms with E-state index in [-0.39, 0.29) is 107 Å². The highest BCUT2D eigenvalue weighted by Crippen LogP contribution is 2.71. The Labute approximate surface area is 663 Å². The van der Waals surface area contributed by atoms with Gasteiger partial charge in [0.05, 0.1) is 23.7 Å². The SMILES string of the molecule is C.C.C.C.C.C.C.C.CC(C)(C)OC(CC1CC2CC1C1C3CCC(C3)C21)(C(F)(F)F)C(F)(F)F.CCC(C)(C)C(=O)OC.CCC(C)c1ccc(C(O)(C(F)(F)F)C(F)(F)F)cc1.CCC(C)c1ccc(C(OC(C)(C)C)(C(F)(F)F)C(F)(F)F)cc1.CCC(C)c1ccc(C(OC2CCCCO2)(C(F)(F)F)C(F)(F)F)cc1. The minimum atomic E-state index is -5.84. The molecule has 11 unspecified atom stereocenters. The van der Waals surface area contributed by atoms with E-state index in [2.05, 4.69) is 14.2 Å². The number of hydrogen-bond donors (Lipinski definition) is 1. The Bertz CT molecular complexity index is 3150. The fourth-order valence-corrected chi connectivity index (χ4v) is 15.0. The zero-order valence-corrected chi connectivity index (χ0v) is 62.1. The third kappa shape index (κ3) is 26.1. The summed E-state index contributed by atoms with van der Waals surface area (Å²) in [5, 5.41) is 9.19. The van der Waals surface area contributed by atoms with E-state index in [9.17, 15) is 115 Å². The maximum absolute atomic E-state index is 13.9. The molecule has 1 heterocycles. The molecule has 1 N–H and O–H groups in total. The van der Waals surface area contributed by atoms with Crippen LogP contribution in [0.15, 0.2) is 72.8 Å². The van der Waals surface area contributed by atoms with E-state index in [0.29, 0.717) is 84.1 Å². The normalized spacial score (nSPS) is 21.4. The monoisotopic (exact) mass is 1700 g/mol. The van der Waals surface area contributed by atoms with Gasteiger partial charge in [0.1, 0.15) is 0 Å². The van der Waals surface area contributed by atoms with Crippen molar-refractivity contribution in [1.82, 2.24) is 0 Å². The minimum Gasteiger partial charge on any atom is -0.469 e. The van der Waals surface area contributed by atoms with Gasteiger partial charge in [0.25, 0.3) is 22.4 Å². The van der Waals surface area contributed by atoms with E-state index in [1.807, 2.05) is 55.4 Å². The summed E-state index contributed by atoms with van der Waals surface area (Å²) in [6, 6.07) is 12.3. The summed E-state index contributed by atoms with van der Waals surface area (Å²) in [6.45, 7) is 24.2. The van der Waals surface area contributed by atoms with Crippen molar-refractivity contribution in [2.24, 2.45) is 46.8 Å². The Morgan fingerprint density at radius 2 is 0.772 bits per heavy atom. The quantitative estimate of drug-likeness (QED) is 0.0819. The second kappa shape index (κ2) is 43.0. The lowest BCUT2D eigenvalue weighted by Crippen LogP contribution is -2.62. The van der Waals surface area contributed by atoms with Crippen molar-refractivity contribution in [3.05, 3.63) is 106 Å². The predicted molar refractivity (Wildman–Crippen MR) is 402 cm³/mol. The molecule has 5 fully saturated rings. The van der Waals surface area contributed by atoms with Crippen LogP contribution in [-0.2, 0) is 45.3 Å². The fraction of sp³-hybridized carbons (Fsp3) is 0.771. The molecule has 11 atom stereocenters. The molecular weight excluding hydrogens is 1560 g/mol. The predicted octanol–water partition coefficient (Wildman–Crippen LogP) is 30.0. The summed E-state index contributed by atoms with van der Waals surface area (Å²) >= 11 is 0. The lowest BCUT2D eigenvalue weighted by atomic mass is 9.65. The number of ether oxygens (including phenoxy) is 5. The summed E-state index contributed by atoms with van der Waals surface area (Å²) in [5.74, 6) is 1.79. The maximum atomic E-state index is 13.9. The third-order valence-electron chi connectivity index (χ3n) is 21.3. The van der Waals surface area contributed by atoms with Crippen molar-refractivity contribution < 1.29 is 139 Å². The first-order valence-electron chi connectivity index (χ1n) is 35.3. The van der Waals surface area contributed by atoms with Crippen LogP contribution in [-0.4, -0.2) is 97.3 Å². The molecule has 0 amide bonds. The molecule has 4 aliphatic carbocycles. The van der Waals surface area contributed by atoms with Gasteiger partial charge in [0.2, 0.25) is 0 Å². The number of aliphatic hydroxyl groups is 1. The van der Waals surface area contributed by atoms with Crippen LogP contribution in [0, 0.1) is 46.8 Å². The number of carbonyl (C=O) groups is 1. The molecule has 4 bridgehead atoms. The number of carbonyl (C=O) groups excluding carboxylic acids is 1. The second-order valence-electron chi connectivity index (χ2n) is 31.1. The van der Waals surface area contributed by atoms with Crippen LogP contribution in [0.5, 0.6) is 0 Å². The number of methoxy groups -OCH3 is 1. The zero-order chi connectivity index (χ0) is 81.8. The summed E-state index contributed by atoms with van der Waals surface area (Å²) in [4.78, 5) is 10.8. The highest BCUT2D eigenvalue weighted by molar-refractivity contribution is 5.75. The Morgan fingerprint density at radius 1 is 0.430 bits per heavy atom. The van der Waals surface area contributed by atoms with Gasteiger partial charge in [-0.1, -0.05) is 181 Å². The van der Waals surface area contributed by atoms with Crippen molar-refractivity contribution in [3.8, 4) is 0 Å². The molecule has 4 saturated carbocycles. The average Bonchev–Trinajstić information content (AvgIpc) is 1.52. The Hall–Kier alpha value is -4.75. The van der Waals surface area contributed by atoms with Gasteiger partial charge in [0.15, 0.2) is 6.29 Å². The highest BCUT2D eigenvalue weighted by Gasteiger charge is 2.78. The van der Waals surface area contributed by atoms with Crippen molar-refractivity contribution in [3.63, 3.8) is 0 Å². The van der Waals surface area contributed by atoms with E-state index in [4.69, 9.17) is 9.47 Å². The van der Waals surface area contributed by atoms with Crippen molar-refractivity contribution in [2.45, 2.75) is 354 Å². The molecule has 3 aromatic carbocycles. The number of benzene rings is 3. The Balaban J connectivity index is -0.000000439. The highest BCUT2D eigenvalue weighted by atomic mass is 19.4. The molecule has 7 nitrogen and oxygen atoms in total. The first-order valence-corrected chi connectivity index (χ1v) is 35.3. The lowest BCUT2D eigenvalue weighted by molar-refractivity contribution is -0.419. The van der Waals surface area contributed by atoms with Crippen LogP contribution in [0.4, 0.5) is 105 Å². The molecule has 1 aliphatic heterocycles. The van der Waals surface area contributed by atoms with Crippen LogP contribution in [0.1, 0.15) is 298 Å². The van der Waals surface area contributed by atoms with E-state index >= 15 is 0 Å². The molecule has 114 heavy (non-hydrogen) atoms. The molecule has 0 aromatic heterocycles. The number of alkyl halides is 24. The van der Waals surface area contributed by atoms with Gasteiger partial charge in [-0.3, -0.25) is 4.79 Å². The van der Waals surface area contributed by atoms with Crippen LogP contribution in [0.3, 0.4) is 0 Å². The van der Waals surface area contributed by atoms with Crippen LogP contribution in [0.25, 0.3) is 0 Å². The van der Waals surface area contributed by atoms with Crippen LogP contribution in [0.2, 0.25) is 0 Å². The third-order valence-corrected chi connectivity index (χ3v) is 21.3. The zero-order valence-electron chi connectivity index (χ0n) is 62.1. The second-order valence-corrected chi connectivity index (χ2v) is 31.1. The number of hydrogen-bond acceptors (Lipinski definition) is 7. The van der Waals surface area contributed by atoms with Crippen LogP contribution < -0.4 is 0 Å². The standard InChI is InChI=1S/C20H28F6O.C18H22F6O2.C17H22F6O.C13H14F6O.C7H14O2.8CH4/c1-17(2,3)27-18(19(21,22)23,20(24,25)26)9-13-7-12-8-14(13)16-11-5-4-10(6-11)15(12)16;1-3-12(2)13-7-9-14(10-8-13)16(17(19,20)21,18(22,23)24)26-15-6-4-5-11-25-15;1-6-11(2)12-7-9-13(10-8-12)15(16(18,19)20,17(21,22)23)24-14(3,4)5;1-3-8(2)9-4-6-10(7-5-9)11(20,12(14,15)16)13(17,18)19;1-5-7(2,3)6(8)9-4;;;;;;;;/h10-16H,4-9H2,1-3H3;7-10,12,15H,3-6,11H2,1-2H3;7-11H,6H2,1-5H3;4-8,20H,3H2,1-2H3;5H2,1-4H3;8*1H4. The summed E-state index contributed by atoms with van der Waals surface area (Å²) < 4.78 is 347. The molecule has 3 aromatic rings. The summed E-state index contributed by atoms with van der Waals surface area (Å²) in [6.07, 6.45) is -39.2. The number of halogens is 24. The largest absolute Gasteiger partial charge is 0.469 e. The topological polar surface area (TPSA) is 83.5 Å². The molecule has 5 aliphatic rings. The molecule has 674 valence electrons. The number of fused-ring (bicyclic) bond motifs is 9. The minimum absolute atomic E-state index is 0. The Kier molecular flexibility index (Phi) is 44.4. The van der Waals surface area contributed by atoms with Gasteiger partial charge in [-0.15, -0.1) is 0 Å². The summed E-state index contributed by atoms with van der Waals surface area (Å²) in [7, 11) is 1.42. The van der Waals surface area contributed by atoms with Gasteiger partial charge in [0, 0.05) is 23.3 Å². The van der Waals surface area contributed by atoms with E-state index in [1.165, 1.54) is 70.7 Å². The van der Waals surface area contributed by atoms with Crippen molar-refractivity contribution in [2.75, 3.05) is 13.7 Å². The summed E-state index contributed by atoms with van der Waals surface area (Å²) in [5.41, 5.74) is -22.5. The van der Waals surface area contributed by atoms with Gasteiger partial charge < -0.3 is 28.8 Å². The average molecular weight is 1700 g/mol. The van der Waals surface area contributed by atoms with Gasteiger partial charge in [-0.05, 0) is 215 Å². The molecular formula is C83H132F24O7. The van der Waals surface area contributed by atoms with E-state index in [0.717, 1.165) is 83.6 Å². The molecule has 8 rings (SSSR count). The number of rotatable bonds is 17. The van der Waals surface area contributed by atoms with Gasteiger partial charge in [-0.25, -0.2) is 0 Å².